The number of hydrogen-bond acceptors (Lipinski definition) is 2. The number of rotatable bonds is 14. The van der Waals surface area contributed by atoms with Crippen molar-refractivity contribution >= 4 is 5.97 Å². The highest BCUT2D eigenvalue weighted by molar-refractivity contribution is 5.69. The molecular formula is C21H34O2. The molecule has 0 aliphatic heterocycles. The molecule has 0 spiro atoms. The van der Waals surface area contributed by atoms with Crippen LogP contribution in [0.3, 0.4) is 0 Å². The van der Waals surface area contributed by atoms with Crippen LogP contribution in [0.15, 0.2) is 30.3 Å². The lowest BCUT2D eigenvalue weighted by atomic mass is 10.1. The van der Waals surface area contributed by atoms with Crippen LogP contribution in [-0.2, 0) is 16.0 Å². The van der Waals surface area contributed by atoms with Gasteiger partial charge in [0.1, 0.15) is 0 Å². The number of unbranched alkanes of at least 4 members (excludes halogenated alkanes) is 8. The lowest BCUT2D eigenvalue weighted by Gasteiger charge is -2.05. The van der Waals surface area contributed by atoms with Gasteiger partial charge in [0.2, 0.25) is 0 Å². The molecule has 130 valence electrons. The average Bonchev–Trinajstić information content (AvgIpc) is 2.58. The lowest BCUT2D eigenvalue weighted by Crippen LogP contribution is -2.05. The third kappa shape index (κ3) is 11.9. The molecule has 0 heterocycles. The van der Waals surface area contributed by atoms with E-state index in [2.05, 4.69) is 31.2 Å². The van der Waals surface area contributed by atoms with Crippen LogP contribution in [0.4, 0.5) is 0 Å². The van der Waals surface area contributed by atoms with E-state index in [4.69, 9.17) is 4.74 Å². The Labute approximate surface area is 142 Å². The van der Waals surface area contributed by atoms with Crippen molar-refractivity contribution in [3.05, 3.63) is 35.9 Å². The minimum Gasteiger partial charge on any atom is -0.466 e. The van der Waals surface area contributed by atoms with Crippen molar-refractivity contribution in [2.75, 3.05) is 6.61 Å². The van der Waals surface area contributed by atoms with Crippen LogP contribution in [-0.4, -0.2) is 12.6 Å². The van der Waals surface area contributed by atoms with Crippen molar-refractivity contribution in [2.45, 2.75) is 84.0 Å². The summed E-state index contributed by atoms with van der Waals surface area (Å²) in [7, 11) is 0. The molecule has 1 rings (SSSR count). The first-order valence-corrected chi connectivity index (χ1v) is 9.52. The second-order valence-electron chi connectivity index (χ2n) is 6.39. The Morgan fingerprint density at radius 2 is 1.48 bits per heavy atom. The van der Waals surface area contributed by atoms with E-state index in [1.54, 1.807) is 0 Å². The smallest absolute Gasteiger partial charge is 0.305 e. The van der Waals surface area contributed by atoms with Crippen molar-refractivity contribution < 1.29 is 9.53 Å². The zero-order valence-electron chi connectivity index (χ0n) is 14.9. The number of ether oxygens (including phenoxy) is 1. The van der Waals surface area contributed by atoms with Gasteiger partial charge in [-0.25, -0.2) is 0 Å². The van der Waals surface area contributed by atoms with Crippen LogP contribution in [0, 0.1) is 0 Å². The Balaban J connectivity index is 1.85. The van der Waals surface area contributed by atoms with Crippen molar-refractivity contribution in [1.82, 2.24) is 0 Å². The van der Waals surface area contributed by atoms with Gasteiger partial charge in [-0.1, -0.05) is 82.2 Å². The highest BCUT2D eigenvalue weighted by Gasteiger charge is 2.02. The van der Waals surface area contributed by atoms with Crippen LogP contribution in [0.1, 0.15) is 83.1 Å². The number of benzene rings is 1. The van der Waals surface area contributed by atoms with Gasteiger partial charge in [-0.2, -0.15) is 0 Å². The summed E-state index contributed by atoms with van der Waals surface area (Å²) in [6.45, 7) is 2.84. The first kappa shape index (κ1) is 19.7. The van der Waals surface area contributed by atoms with Gasteiger partial charge in [0, 0.05) is 6.42 Å². The SMILES string of the molecule is CCCCCCCCCOC(=O)CCCCCc1ccccc1. The molecule has 0 atom stereocenters. The number of hydrogen-bond donors (Lipinski definition) is 0. The van der Waals surface area contributed by atoms with Gasteiger partial charge >= 0.3 is 5.97 Å². The Kier molecular flexibility index (Phi) is 12.3. The Morgan fingerprint density at radius 1 is 0.826 bits per heavy atom. The van der Waals surface area contributed by atoms with Gasteiger partial charge in [-0.15, -0.1) is 0 Å². The molecule has 0 aromatic heterocycles. The van der Waals surface area contributed by atoms with Crippen molar-refractivity contribution in [1.29, 1.82) is 0 Å². The summed E-state index contributed by atoms with van der Waals surface area (Å²) in [4.78, 5) is 11.6. The maximum atomic E-state index is 11.6. The fourth-order valence-corrected chi connectivity index (χ4v) is 2.74. The summed E-state index contributed by atoms with van der Waals surface area (Å²) in [5, 5.41) is 0. The molecule has 0 N–H and O–H groups in total. The van der Waals surface area contributed by atoms with Gasteiger partial charge in [0.15, 0.2) is 0 Å². The molecule has 2 nitrogen and oxygen atoms in total. The highest BCUT2D eigenvalue weighted by Crippen LogP contribution is 2.09. The molecule has 0 unspecified atom stereocenters. The Morgan fingerprint density at radius 3 is 2.22 bits per heavy atom. The zero-order chi connectivity index (χ0) is 16.6. The number of carbonyl (C=O) groups excluding carboxylic acids is 1. The summed E-state index contributed by atoms with van der Waals surface area (Å²) in [5.74, 6) is -0.0179. The maximum absolute atomic E-state index is 11.6. The largest absolute Gasteiger partial charge is 0.466 e. The fourth-order valence-electron chi connectivity index (χ4n) is 2.74. The quantitative estimate of drug-likeness (QED) is 0.307. The first-order valence-electron chi connectivity index (χ1n) is 9.52. The highest BCUT2D eigenvalue weighted by atomic mass is 16.5. The van der Waals surface area contributed by atoms with Gasteiger partial charge in [-0.3, -0.25) is 4.79 Å². The molecule has 0 aliphatic rings. The molecule has 0 bridgehead atoms. The number of esters is 1. The first-order chi connectivity index (χ1) is 11.3. The minimum atomic E-state index is -0.0179. The summed E-state index contributed by atoms with van der Waals surface area (Å²) < 4.78 is 5.30. The lowest BCUT2D eigenvalue weighted by molar-refractivity contribution is -0.143. The summed E-state index contributed by atoms with van der Waals surface area (Å²) in [5.41, 5.74) is 1.38. The van der Waals surface area contributed by atoms with Crippen molar-refractivity contribution in [3.8, 4) is 0 Å². The van der Waals surface area contributed by atoms with E-state index in [1.165, 1.54) is 44.1 Å². The molecule has 0 fully saturated rings. The molecular weight excluding hydrogens is 284 g/mol. The van der Waals surface area contributed by atoms with Gasteiger partial charge < -0.3 is 4.74 Å². The predicted molar refractivity (Wildman–Crippen MR) is 97.6 cm³/mol. The van der Waals surface area contributed by atoms with E-state index in [0.717, 1.165) is 32.1 Å². The van der Waals surface area contributed by atoms with E-state index in [1.807, 2.05) is 6.07 Å². The van der Waals surface area contributed by atoms with Crippen molar-refractivity contribution in [2.24, 2.45) is 0 Å². The Bertz CT molecular complexity index is 386. The summed E-state index contributed by atoms with van der Waals surface area (Å²) >= 11 is 0. The molecule has 0 aliphatic carbocycles. The molecule has 0 saturated heterocycles. The van der Waals surface area contributed by atoms with E-state index in [9.17, 15) is 4.79 Å². The average molecular weight is 319 g/mol. The molecule has 0 amide bonds. The van der Waals surface area contributed by atoms with Crippen LogP contribution >= 0.6 is 0 Å². The monoisotopic (exact) mass is 318 g/mol. The molecule has 2 heteroatoms. The third-order valence-electron chi connectivity index (χ3n) is 4.20. The van der Waals surface area contributed by atoms with Crippen LogP contribution in [0.25, 0.3) is 0 Å². The second-order valence-corrected chi connectivity index (χ2v) is 6.39. The normalized spacial score (nSPS) is 10.7. The molecule has 0 saturated carbocycles. The number of aryl methyl sites for hydroxylation is 1. The van der Waals surface area contributed by atoms with Gasteiger partial charge in [0.25, 0.3) is 0 Å². The number of carbonyl (C=O) groups is 1. The van der Waals surface area contributed by atoms with Crippen LogP contribution in [0.2, 0.25) is 0 Å². The van der Waals surface area contributed by atoms with Gasteiger partial charge in [-0.05, 0) is 31.2 Å². The van der Waals surface area contributed by atoms with E-state index < -0.39 is 0 Å². The predicted octanol–water partition coefficient (Wildman–Crippen LogP) is 6.08. The van der Waals surface area contributed by atoms with Crippen LogP contribution < -0.4 is 0 Å². The van der Waals surface area contributed by atoms with E-state index >= 15 is 0 Å². The molecule has 1 aromatic rings. The third-order valence-corrected chi connectivity index (χ3v) is 4.20. The van der Waals surface area contributed by atoms with Crippen LogP contribution in [0.5, 0.6) is 0 Å². The Hall–Kier alpha value is -1.31. The topological polar surface area (TPSA) is 26.3 Å². The molecule has 0 radical (unpaired) electrons. The van der Waals surface area contributed by atoms with E-state index in [-0.39, 0.29) is 5.97 Å². The second kappa shape index (κ2) is 14.3. The van der Waals surface area contributed by atoms with Crippen molar-refractivity contribution in [3.63, 3.8) is 0 Å². The molecule has 1 aromatic carbocycles. The maximum Gasteiger partial charge on any atom is 0.305 e. The minimum absolute atomic E-state index is 0.0179. The fraction of sp³-hybridized carbons (Fsp3) is 0.667. The standard InChI is InChI=1S/C21H34O2/c1-2-3-4-5-6-7-14-19-23-21(22)18-13-9-12-17-20-15-10-8-11-16-20/h8,10-11,15-16H,2-7,9,12-14,17-19H2,1H3. The summed E-state index contributed by atoms with van der Waals surface area (Å²) in [6, 6.07) is 10.5. The zero-order valence-corrected chi connectivity index (χ0v) is 14.9. The molecule has 23 heavy (non-hydrogen) atoms. The van der Waals surface area contributed by atoms with E-state index in [0.29, 0.717) is 13.0 Å². The van der Waals surface area contributed by atoms with Gasteiger partial charge in [0.05, 0.1) is 6.61 Å². The summed E-state index contributed by atoms with van der Waals surface area (Å²) in [6.07, 6.45) is 13.7.